The lowest BCUT2D eigenvalue weighted by molar-refractivity contribution is 0.0845. The van der Waals surface area contributed by atoms with Crippen molar-refractivity contribution in [2.75, 3.05) is 13.2 Å². The summed E-state index contributed by atoms with van der Waals surface area (Å²) < 4.78 is 26.4. The summed E-state index contributed by atoms with van der Waals surface area (Å²) in [6, 6.07) is 19.6. The first kappa shape index (κ1) is 20.4. The molecular weight excluding hydrogens is 413 g/mol. The van der Waals surface area contributed by atoms with Crippen LogP contribution in [0.3, 0.4) is 0 Å². The van der Waals surface area contributed by atoms with Gasteiger partial charge in [0.2, 0.25) is 0 Å². The lowest BCUT2D eigenvalue weighted by Gasteiger charge is -2.23. The van der Waals surface area contributed by atoms with Gasteiger partial charge in [0.15, 0.2) is 0 Å². The van der Waals surface area contributed by atoms with Crippen molar-refractivity contribution in [3.63, 3.8) is 0 Å². The number of fused-ring (bicyclic) bond motifs is 4. The van der Waals surface area contributed by atoms with E-state index in [2.05, 4.69) is 38.1 Å². The monoisotopic (exact) mass is 439 g/mol. The predicted molar refractivity (Wildman–Crippen MR) is 131 cm³/mol. The van der Waals surface area contributed by atoms with Crippen molar-refractivity contribution in [1.29, 1.82) is 0 Å². The predicted octanol–water partition coefficient (Wildman–Crippen LogP) is 7.96. The number of hydrogen-bond acceptors (Lipinski definition) is 3. The van der Waals surface area contributed by atoms with E-state index < -0.39 is 0 Å². The van der Waals surface area contributed by atoms with E-state index in [-0.39, 0.29) is 5.82 Å². The number of pyridine rings is 1. The van der Waals surface area contributed by atoms with Crippen LogP contribution >= 0.6 is 0 Å². The lowest BCUT2D eigenvalue weighted by Crippen LogP contribution is -2.15. The number of benzene rings is 3. The van der Waals surface area contributed by atoms with Gasteiger partial charge in [-0.3, -0.25) is 4.98 Å². The second kappa shape index (κ2) is 7.96. The van der Waals surface area contributed by atoms with Crippen molar-refractivity contribution < 1.29 is 13.5 Å². The van der Waals surface area contributed by atoms with E-state index in [4.69, 9.17) is 14.1 Å². The molecule has 5 aromatic rings. The van der Waals surface area contributed by atoms with Crippen LogP contribution in [0.1, 0.15) is 49.8 Å². The maximum Gasteiger partial charge on any atom is 0.144 e. The minimum Gasteiger partial charge on any atom is -0.455 e. The highest BCUT2D eigenvalue weighted by Crippen LogP contribution is 2.41. The fraction of sp³-hybridized carbons (Fsp3) is 0.276. The molecule has 1 saturated heterocycles. The molecule has 0 radical (unpaired) electrons. The molecule has 1 aliphatic rings. The van der Waals surface area contributed by atoms with Crippen LogP contribution in [-0.4, -0.2) is 18.2 Å². The van der Waals surface area contributed by atoms with Gasteiger partial charge < -0.3 is 9.15 Å². The van der Waals surface area contributed by atoms with E-state index in [9.17, 15) is 4.39 Å². The van der Waals surface area contributed by atoms with Crippen LogP contribution in [0, 0.1) is 5.82 Å². The van der Waals surface area contributed by atoms with Crippen LogP contribution in [0.4, 0.5) is 4.39 Å². The standard InChI is InChI=1S/C29H26FNO2/c1-17(2)20-13-24-22-5-3-4-6-27(22)33-29(24)25(14-20)28-23-16-21(30)8-7-19(23)15-26(31-28)18-9-11-32-12-10-18/h3-8,13-18H,9-12H2,1-2H3. The molecule has 0 spiro atoms. The summed E-state index contributed by atoms with van der Waals surface area (Å²) in [6.45, 7) is 5.88. The fourth-order valence-corrected chi connectivity index (χ4v) is 5.01. The average Bonchev–Trinajstić information content (AvgIpc) is 3.22. The van der Waals surface area contributed by atoms with Gasteiger partial charge in [0.1, 0.15) is 17.0 Å². The third-order valence-corrected chi connectivity index (χ3v) is 6.88. The second-order valence-corrected chi connectivity index (χ2v) is 9.35. The van der Waals surface area contributed by atoms with Crippen LogP contribution in [0.15, 0.2) is 65.1 Å². The highest BCUT2D eigenvalue weighted by molar-refractivity contribution is 6.12. The van der Waals surface area contributed by atoms with Gasteiger partial charge >= 0.3 is 0 Å². The maximum absolute atomic E-state index is 14.4. The molecule has 6 rings (SSSR count). The van der Waals surface area contributed by atoms with Crippen LogP contribution in [0.25, 0.3) is 44.0 Å². The van der Waals surface area contributed by atoms with Crippen molar-refractivity contribution in [3.05, 3.63) is 77.7 Å². The maximum atomic E-state index is 14.4. The topological polar surface area (TPSA) is 35.3 Å². The fourth-order valence-electron chi connectivity index (χ4n) is 5.01. The van der Waals surface area contributed by atoms with Crippen LogP contribution in [0.2, 0.25) is 0 Å². The Hall–Kier alpha value is -3.24. The molecule has 0 N–H and O–H groups in total. The average molecular weight is 440 g/mol. The summed E-state index contributed by atoms with van der Waals surface area (Å²) in [5.74, 6) is 0.417. The molecule has 0 aliphatic carbocycles. The molecule has 166 valence electrons. The van der Waals surface area contributed by atoms with Gasteiger partial charge in [0.05, 0.1) is 5.69 Å². The summed E-state index contributed by atoms with van der Waals surface area (Å²) in [6.07, 6.45) is 1.90. The SMILES string of the molecule is CC(C)c1cc(-c2nc(C3CCOCC3)cc3ccc(F)cc23)c2oc3ccccc3c2c1. The molecule has 4 heteroatoms. The van der Waals surface area contributed by atoms with Gasteiger partial charge in [0, 0.05) is 46.5 Å². The van der Waals surface area contributed by atoms with Crippen LogP contribution < -0.4 is 0 Å². The largest absolute Gasteiger partial charge is 0.455 e. The normalized spacial score (nSPS) is 15.3. The van der Waals surface area contributed by atoms with Crippen LogP contribution in [0.5, 0.6) is 0 Å². The zero-order valence-corrected chi connectivity index (χ0v) is 18.9. The highest BCUT2D eigenvalue weighted by Gasteiger charge is 2.22. The molecule has 0 atom stereocenters. The first-order chi connectivity index (χ1) is 16.1. The number of para-hydroxylation sites is 1. The molecule has 0 bridgehead atoms. The number of furan rings is 1. The van der Waals surface area contributed by atoms with Gasteiger partial charge in [-0.1, -0.05) is 38.1 Å². The van der Waals surface area contributed by atoms with E-state index in [0.29, 0.717) is 11.8 Å². The Morgan fingerprint density at radius 3 is 2.55 bits per heavy atom. The van der Waals surface area contributed by atoms with Crippen molar-refractivity contribution >= 4 is 32.7 Å². The molecule has 0 saturated carbocycles. The quantitative estimate of drug-likeness (QED) is 0.286. The number of nitrogens with zero attached hydrogens (tertiary/aromatic N) is 1. The molecule has 1 aliphatic heterocycles. The third-order valence-electron chi connectivity index (χ3n) is 6.88. The van der Waals surface area contributed by atoms with Crippen molar-refractivity contribution in [2.24, 2.45) is 0 Å². The Labute approximate surface area is 192 Å². The minimum atomic E-state index is -0.259. The molecule has 0 amide bonds. The van der Waals surface area contributed by atoms with Gasteiger partial charge in [-0.05, 0) is 66.1 Å². The smallest absolute Gasteiger partial charge is 0.144 e. The Morgan fingerprint density at radius 2 is 1.73 bits per heavy atom. The molecular formula is C29H26FNO2. The zero-order chi connectivity index (χ0) is 22.5. The first-order valence-corrected chi connectivity index (χ1v) is 11.7. The van der Waals surface area contributed by atoms with E-state index >= 15 is 0 Å². The summed E-state index contributed by atoms with van der Waals surface area (Å²) >= 11 is 0. The highest BCUT2D eigenvalue weighted by atomic mass is 19.1. The third kappa shape index (κ3) is 3.50. The van der Waals surface area contributed by atoms with E-state index in [0.717, 1.165) is 75.7 Å². The van der Waals surface area contributed by atoms with Gasteiger partial charge in [-0.15, -0.1) is 0 Å². The van der Waals surface area contributed by atoms with Gasteiger partial charge in [-0.2, -0.15) is 0 Å². The van der Waals surface area contributed by atoms with Crippen LogP contribution in [-0.2, 0) is 4.74 Å². The van der Waals surface area contributed by atoms with Gasteiger partial charge in [0.25, 0.3) is 0 Å². The first-order valence-electron chi connectivity index (χ1n) is 11.7. The number of ether oxygens (including phenoxy) is 1. The van der Waals surface area contributed by atoms with E-state index in [1.807, 2.05) is 24.3 Å². The summed E-state index contributed by atoms with van der Waals surface area (Å²) in [7, 11) is 0. The number of halogens is 1. The number of rotatable bonds is 3. The van der Waals surface area contributed by atoms with Crippen molar-refractivity contribution in [3.8, 4) is 11.3 Å². The Bertz CT molecular complexity index is 1490. The van der Waals surface area contributed by atoms with E-state index in [1.165, 1.54) is 11.6 Å². The zero-order valence-electron chi connectivity index (χ0n) is 18.9. The molecule has 3 nitrogen and oxygen atoms in total. The van der Waals surface area contributed by atoms with Gasteiger partial charge in [-0.25, -0.2) is 4.39 Å². The molecule has 3 heterocycles. The number of hydrogen-bond donors (Lipinski definition) is 0. The molecule has 33 heavy (non-hydrogen) atoms. The summed E-state index contributed by atoms with van der Waals surface area (Å²) in [5, 5.41) is 3.98. The second-order valence-electron chi connectivity index (χ2n) is 9.35. The summed E-state index contributed by atoms with van der Waals surface area (Å²) in [5.41, 5.74) is 5.64. The Morgan fingerprint density at radius 1 is 0.909 bits per heavy atom. The van der Waals surface area contributed by atoms with Crippen molar-refractivity contribution in [2.45, 2.75) is 38.5 Å². The van der Waals surface area contributed by atoms with E-state index in [1.54, 1.807) is 6.07 Å². The molecule has 0 unspecified atom stereocenters. The summed E-state index contributed by atoms with van der Waals surface area (Å²) in [4.78, 5) is 5.17. The molecule has 2 aromatic heterocycles. The lowest BCUT2D eigenvalue weighted by atomic mass is 9.91. The Balaban J connectivity index is 1.70. The number of aromatic nitrogens is 1. The minimum absolute atomic E-state index is 0.259. The van der Waals surface area contributed by atoms with Crippen molar-refractivity contribution in [1.82, 2.24) is 4.98 Å². The Kier molecular flexibility index (Phi) is 4.92. The molecule has 1 fully saturated rings. The molecule has 3 aromatic carbocycles.